The van der Waals surface area contributed by atoms with Crippen molar-refractivity contribution in [1.82, 2.24) is 20.2 Å². The van der Waals surface area contributed by atoms with Gasteiger partial charge in [-0.1, -0.05) is 60.0 Å². The number of aromatic nitrogens is 4. The van der Waals surface area contributed by atoms with E-state index >= 15 is 0 Å². The molecule has 0 aliphatic carbocycles. The van der Waals surface area contributed by atoms with Crippen molar-refractivity contribution in [3.63, 3.8) is 0 Å². The number of hydrogen-bond acceptors (Lipinski definition) is 5. The van der Waals surface area contributed by atoms with E-state index in [1.165, 1.54) is 12.1 Å². The van der Waals surface area contributed by atoms with Gasteiger partial charge in [0.05, 0.1) is 5.02 Å². The predicted octanol–water partition coefficient (Wildman–Crippen LogP) is 5.22. The zero-order valence-electron chi connectivity index (χ0n) is 16.5. The van der Waals surface area contributed by atoms with Gasteiger partial charge in [0.1, 0.15) is 18.2 Å². The van der Waals surface area contributed by atoms with E-state index in [0.29, 0.717) is 17.5 Å². The first-order valence-corrected chi connectivity index (χ1v) is 10.1. The molecule has 1 N–H and O–H groups in total. The Labute approximate surface area is 178 Å². The normalized spacial score (nSPS) is 11.0. The molecule has 0 saturated carbocycles. The van der Waals surface area contributed by atoms with Crippen LogP contribution in [0, 0.1) is 5.82 Å². The van der Waals surface area contributed by atoms with E-state index in [2.05, 4.69) is 39.9 Å². The lowest BCUT2D eigenvalue weighted by Gasteiger charge is -2.16. The molecule has 0 atom stereocenters. The van der Waals surface area contributed by atoms with Gasteiger partial charge in [0.15, 0.2) is 0 Å². The summed E-state index contributed by atoms with van der Waals surface area (Å²) in [4.78, 5) is 0. The molecule has 4 aromatic rings. The molecule has 0 unspecified atom stereocenters. The molecule has 0 aliphatic heterocycles. The van der Waals surface area contributed by atoms with Crippen molar-refractivity contribution in [2.45, 2.75) is 33.0 Å². The topological polar surface area (TPSA) is 64.9 Å². The number of fused-ring (bicyclic) bond motifs is 1. The molecule has 0 amide bonds. The summed E-state index contributed by atoms with van der Waals surface area (Å²) in [5.74, 6) is 0.956. The zero-order valence-corrected chi connectivity index (χ0v) is 17.2. The van der Waals surface area contributed by atoms with Crippen LogP contribution in [0.1, 0.15) is 24.5 Å². The Morgan fingerprint density at radius 2 is 2.00 bits per heavy atom. The first kappa shape index (κ1) is 20.1. The predicted molar refractivity (Wildman–Crippen MR) is 115 cm³/mol. The molecule has 3 aromatic carbocycles. The van der Waals surface area contributed by atoms with E-state index < -0.39 is 0 Å². The number of ether oxygens (including phenoxy) is 1. The van der Waals surface area contributed by atoms with Crippen molar-refractivity contribution in [3.8, 4) is 5.75 Å². The highest BCUT2D eigenvalue weighted by Crippen LogP contribution is 2.30. The van der Waals surface area contributed by atoms with Crippen molar-refractivity contribution in [2.75, 3.05) is 5.32 Å². The quantitative estimate of drug-likeness (QED) is 0.419. The summed E-state index contributed by atoms with van der Waals surface area (Å²) in [6.45, 7) is 3.52. The third-order valence-electron chi connectivity index (χ3n) is 4.79. The van der Waals surface area contributed by atoms with Crippen LogP contribution < -0.4 is 10.1 Å². The Bertz CT molecular complexity index is 1160. The molecule has 0 fully saturated rings. The highest BCUT2D eigenvalue weighted by atomic mass is 35.5. The molecule has 6 nitrogen and oxygen atoms in total. The van der Waals surface area contributed by atoms with Gasteiger partial charge in [0.2, 0.25) is 5.95 Å². The number of aryl methyl sites for hydroxylation is 1. The van der Waals surface area contributed by atoms with Crippen LogP contribution in [0.5, 0.6) is 5.75 Å². The number of tetrazole rings is 1. The molecule has 1 heterocycles. The fourth-order valence-corrected chi connectivity index (χ4v) is 3.51. The Morgan fingerprint density at radius 3 is 2.83 bits per heavy atom. The second-order valence-electron chi connectivity index (χ2n) is 6.87. The lowest BCUT2D eigenvalue weighted by atomic mass is 10.0. The van der Waals surface area contributed by atoms with Crippen LogP contribution in [0.15, 0.2) is 54.6 Å². The average Bonchev–Trinajstić information content (AvgIpc) is 3.19. The average molecular weight is 426 g/mol. The highest BCUT2D eigenvalue weighted by Gasteiger charge is 2.12. The molecule has 1 aromatic heterocycles. The molecule has 8 heteroatoms. The summed E-state index contributed by atoms with van der Waals surface area (Å²) in [7, 11) is 0. The summed E-state index contributed by atoms with van der Waals surface area (Å²) >= 11 is 6.15. The number of rotatable bonds is 8. The number of nitrogens with zero attached hydrogens (tertiary/aromatic N) is 4. The standard InChI is InChI=1S/C22H21ClFN5O/c1-2-11-29-22(26-27-28-29)25-13-19-18-6-4-3-5-15(18)8-10-21(19)30-14-16-7-9-17(24)12-20(16)23/h3-10,12H,2,11,13-14H2,1H3,(H,25,26,28). The van der Waals surface area contributed by atoms with Gasteiger partial charge in [0.25, 0.3) is 0 Å². The molecule has 0 spiro atoms. The summed E-state index contributed by atoms with van der Waals surface area (Å²) in [5.41, 5.74) is 1.70. The third-order valence-corrected chi connectivity index (χ3v) is 5.14. The monoisotopic (exact) mass is 425 g/mol. The first-order valence-electron chi connectivity index (χ1n) is 9.73. The molecular weight excluding hydrogens is 405 g/mol. The largest absolute Gasteiger partial charge is 0.488 e. The number of halogens is 2. The summed E-state index contributed by atoms with van der Waals surface area (Å²) in [5, 5.41) is 17.7. The smallest absolute Gasteiger partial charge is 0.243 e. The minimum absolute atomic E-state index is 0.234. The maximum atomic E-state index is 13.3. The minimum Gasteiger partial charge on any atom is -0.488 e. The van der Waals surface area contributed by atoms with E-state index in [1.54, 1.807) is 10.7 Å². The van der Waals surface area contributed by atoms with Gasteiger partial charge in [0, 0.05) is 24.2 Å². The van der Waals surface area contributed by atoms with E-state index in [-0.39, 0.29) is 12.4 Å². The highest BCUT2D eigenvalue weighted by molar-refractivity contribution is 6.31. The van der Waals surface area contributed by atoms with Crippen LogP contribution in [-0.2, 0) is 19.7 Å². The number of nitrogens with one attached hydrogen (secondary N) is 1. The molecule has 154 valence electrons. The second kappa shape index (κ2) is 9.09. The molecule has 0 bridgehead atoms. The Kier molecular flexibility index (Phi) is 6.09. The Balaban J connectivity index is 1.61. The molecule has 0 aliphatic rings. The van der Waals surface area contributed by atoms with E-state index in [0.717, 1.165) is 40.6 Å². The van der Waals surface area contributed by atoms with Crippen LogP contribution in [0.2, 0.25) is 5.02 Å². The Hall–Kier alpha value is -3.19. The van der Waals surface area contributed by atoms with Gasteiger partial charge in [-0.2, -0.15) is 0 Å². The van der Waals surface area contributed by atoms with Gasteiger partial charge in [-0.3, -0.25) is 0 Å². The summed E-state index contributed by atoms with van der Waals surface area (Å²) in [6, 6.07) is 16.4. The maximum Gasteiger partial charge on any atom is 0.243 e. The molecule has 0 radical (unpaired) electrons. The van der Waals surface area contributed by atoms with Crippen LogP contribution >= 0.6 is 11.6 Å². The van der Waals surface area contributed by atoms with E-state index in [4.69, 9.17) is 16.3 Å². The van der Waals surface area contributed by atoms with E-state index in [1.807, 2.05) is 24.3 Å². The molecule has 4 rings (SSSR count). The first-order chi connectivity index (χ1) is 14.7. The number of anilines is 1. The lowest BCUT2D eigenvalue weighted by Crippen LogP contribution is -2.10. The van der Waals surface area contributed by atoms with Gasteiger partial charge in [-0.05, 0) is 45.8 Å². The van der Waals surface area contributed by atoms with Crippen LogP contribution in [0.4, 0.5) is 10.3 Å². The number of benzene rings is 3. The minimum atomic E-state index is -0.371. The van der Waals surface area contributed by atoms with Crippen molar-refractivity contribution in [1.29, 1.82) is 0 Å². The molecule has 30 heavy (non-hydrogen) atoms. The van der Waals surface area contributed by atoms with Crippen LogP contribution in [0.3, 0.4) is 0 Å². The Morgan fingerprint density at radius 1 is 1.13 bits per heavy atom. The van der Waals surface area contributed by atoms with Gasteiger partial charge < -0.3 is 10.1 Å². The van der Waals surface area contributed by atoms with Gasteiger partial charge in [-0.15, -0.1) is 0 Å². The van der Waals surface area contributed by atoms with Crippen molar-refractivity contribution in [2.24, 2.45) is 0 Å². The summed E-state index contributed by atoms with van der Waals surface area (Å²) in [6.07, 6.45) is 0.931. The number of hydrogen-bond donors (Lipinski definition) is 1. The van der Waals surface area contributed by atoms with Crippen molar-refractivity contribution in [3.05, 3.63) is 76.6 Å². The van der Waals surface area contributed by atoms with Crippen LogP contribution in [-0.4, -0.2) is 20.2 Å². The fourth-order valence-electron chi connectivity index (χ4n) is 3.29. The van der Waals surface area contributed by atoms with Crippen molar-refractivity contribution < 1.29 is 9.13 Å². The second-order valence-corrected chi connectivity index (χ2v) is 7.27. The van der Waals surface area contributed by atoms with Crippen LogP contribution in [0.25, 0.3) is 10.8 Å². The third kappa shape index (κ3) is 4.36. The van der Waals surface area contributed by atoms with Gasteiger partial charge in [-0.25, -0.2) is 9.07 Å². The molecular formula is C22H21ClFN5O. The summed E-state index contributed by atoms with van der Waals surface area (Å²) < 4.78 is 21.2. The van der Waals surface area contributed by atoms with Gasteiger partial charge >= 0.3 is 0 Å². The molecule has 0 saturated heterocycles. The maximum absolute atomic E-state index is 13.3. The fraction of sp³-hybridized carbons (Fsp3) is 0.227. The van der Waals surface area contributed by atoms with Crippen molar-refractivity contribution >= 4 is 28.3 Å². The lowest BCUT2D eigenvalue weighted by molar-refractivity contribution is 0.304. The van der Waals surface area contributed by atoms with E-state index in [9.17, 15) is 4.39 Å². The SMILES string of the molecule is CCCn1nnnc1NCc1c(OCc2ccc(F)cc2Cl)ccc2ccccc12. The zero-order chi connectivity index (χ0) is 20.9.